The number of rotatable bonds is 6. The number of benzene rings is 2. The molecule has 0 aliphatic carbocycles. The number of carbonyl (C=O) groups is 1. The summed E-state index contributed by atoms with van der Waals surface area (Å²) in [4.78, 5) is 12.7. The molecule has 0 radical (unpaired) electrons. The zero-order valence-corrected chi connectivity index (χ0v) is 16.1. The van der Waals surface area contributed by atoms with E-state index in [0.717, 1.165) is 35.9 Å². The van der Waals surface area contributed by atoms with Crippen molar-refractivity contribution in [3.63, 3.8) is 0 Å². The van der Waals surface area contributed by atoms with E-state index >= 15 is 0 Å². The molecule has 1 aliphatic heterocycles. The lowest BCUT2D eigenvalue weighted by Gasteiger charge is -2.05. The fraction of sp³-hybridized carbons (Fsp3) is 0.217. The van der Waals surface area contributed by atoms with Crippen molar-refractivity contribution in [3.05, 3.63) is 59.8 Å². The third kappa shape index (κ3) is 3.81. The number of anilines is 1. The average molecular weight is 387 g/mol. The van der Waals surface area contributed by atoms with Gasteiger partial charge in [-0.2, -0.15) is 5.26 Å². The Labute approximate surface area is 169 Å². The van der Waals surface area contributed by atoms with E-state index in [4.69, 9.17) is 9.47 Å². The summed E-state index contributed by atoms with van der Waals surface area (Å²) in [6.07, 6.45) is 5.81. The second-order valence-corrected chi connectivity index (χ2v) is 6.84. The Morgan fingerprint density at radius 3 is 2.90 bits per heavy atom. The van der Waals surface area contributed by atoms with Crippen LogP contribution in [0, 0.1) is 11.3 Å². The molecule has 0 saturated heterocycles. The van der Waals surface area contributed by atoms with E-state index < -0.39 is 5.91 Å². The molecule has 1 aromatic heterocycles. The standard InChI is InChI=1S/C23H21N3O3/c1-2-3-10-26-14-17(19-6-4-5-7-20(19)26)11-16(13-24)23(27)25-18-8-9-21-22(12-18)29-15-28-21/h4-9,11-12,14H,2-3,10,15H2,1H3,(H,25,27). The van der Waals surface area contributed by atoms with Gasteiger partial charge in [0.05, 0.1) is 0 Å². The smallest absolute Gasteiger partial charge is 0.266 e. The lowest BCUT2D eigenvalue weighted by atomic mass is 10.1. The Kier molecular flexibility index (Phi) is 5.21. The molecule has 0 saturated carbocycles. The molecule has 6 heteroatoms. The topological polar surface area (TPSA) is 76.3 Å². The number of nitrogens with one attached hydrogen (secondary N) is 1. The molecule has 29 heavy (non-hydrogen) atoms. The van der Waals surface area contributed by atoms with Crippen LogP contribution < -0.4 is 14.8 Å². The zero-order valence-electron chi connectivity index (χ0n) is 16.1. The van der Waals surface area contributed by atoms with Gasteiger partial charge in [-0.3, -0.25) is 4.79 Å². The van der Waals surface area contributed by atoms with E-state index in [0.29, 0.717) is 17.2 Å². The van der Waals surface area contributed by atoms with Gasteiger partial charge in [0.2, 0.25) is 6.79 Å². The highest BCUT2D eigenvalue weighted by atomic mass is 16.7. The molecule has 4 rings (SSSR count). The minimum Gasteiger partial charge on any atom is -0.454 e. The highest BCUT2D eigenvalue weighted by Crippen LogP contribution is 2.34. The van der Waals surface area contributed by atoms with Crippen LogP contribution in [0.1, 0.15) is 25.3 Å². The predicted molar refractivity (Wildman–Crippen MR) is 112 cm³/mol. The molecule has 0 spiro atoms. The second-order valence-electron chi connectivity index (χ2n) is 6.84. The first kappa shape index (κ1) is 18.6. The van der Waals surface area contributed by atoms with E-state index in [-0.39, 0.29) is 12.4 Å². The van der Waals surface area contributed by atoms with Crippen molar-refractivity contribution in [1.82, 2.24) is 4.57 Å². The molecule has 0 fully saturated rings. The number of aromatic nitrogens is 1. The van der Waals surface area contributed by atoms with Crippen molar-refractivity contribution in [2.45, 2.75) is 26.3 Å². The summed E-state index contributed by atoms with van der Waals surface area (Å²) in [6, 6.07) is 15.2. The van der Waals surface area contributed by atoms with Crippen LogP contribution in [0.3, 0.4) is 0 Å². The highest BCUT2D eigenvalue weighted by molar-refractivity contribution is 6.10. The number of hydrogen-bond donors (Lipinski definition) is 1. The first-order valence-electron chi connectivity index (χ1n) is 9.60. The van der Waals surface area contributed by atoms with Crippen molar-refractivity contribution < 1.29 is 14.3 Å². The van der Waals surface area contributed by atoms with Crippen molar-refractivity contribution in [3.8, 4) is 17.6 Å². The minimum atomic E-state index is -0.461. The highest BCUT2D eigenvalue weighted by Gasteiger charge is 2.16. The molecular formula is C23H21N3O3. The normalized spacial score (nSPS) is 12.8. The zero-order chi connectivity index (χ0) is 20.2. The van der Waals surface area contributed by atoms with Crippen LogP contribution in [-0.2, 0) is 11.3 Å². The molecule has 2 heterocycles. The number of unbranched alkanes of at least 4 members (excludes halogenated alkanes) is 1. The van der Waals surface area contributed by atoms with Gasteiger partial charge in [0.25, 0.3) is 5.91 Å². The Morgan fingerprint density at radius 1 is 1.24 bits per heavy atom. The first-order chi connectivity index (χ1) is 14.2. The predicted octanol–water partition coefficient (Wildman–Crippen LogP) is 4.72. The number of ether oxygens (including phenoxy) is 2. The minimum absolute atomic E-state index is 0.0426. The molecule has 0 atom stereocenters. The molecule has 1 amide bonds. The molecule has 1 aliphatic rings. The summed E-state index contributed by atoms with van der Waals surface area (Å²) in [7, 11) is 0. The van der Waals surface area contributed by atoms with Gasteiger partial charge in [0.15, 0.2) is 11.5 Å². The molecule has 3 aromatic rings. The fourth-order valence-electron chi connectivity index (χ4n) is 3.38. The van der Waals surface area contributed by atoms with Crippen molar-refractivity contribution in [2.24, 2.45) is 0 Å². The Bertz CT molecular complexity index is 1140. The fourth-order valence-corrected chi connectivity index (χ4v) is 3.38. The Hall–Kier alpha value is -3.72. The van der Waals surface area contributed by atoms with Gasteiger partial charge in [-0.1, -0.05) is 31.5 Å². The number of aryl methyl sites for hydroxylation is 1. The molecule has 146 valence electrons. The maximum atomic E-state index is 12.7. The van der Waals surface area contributed by atoms with Crippen molar-refractivity contribution >= 4 is 28.6 Å². The quantitative estimate of drug-likeness (QED) is 0.491. The molecule has 0 bridgehead atoms. The number of fused-ring (bicyclic) bond motifs is 2. The van der Waals surface area contributed by atoms with E-state index in [9.17, 15) is 10.1 Å². The summed E-state index contributed by atoms with van der Waals surface area (Å²) in [5, 5.41) is 13.4. The van der Waals surface area contributed by atoms with Crippen LogP contribution in [-0.4, -0.2) is 17.3 Å². The van der Waals surface area contributed by atoms with Gasteiger partial charge in [-0.05, 0) is 30.7 Å². The summed E-state index contributed by atoms with van der Waals surface area (Å²) in [5.41, 5.74) is 2.54. The third-order valence-corrected chi connectivity index (χ3v) is 4.87. The molecule has 6 nitrogen and oxygen atoms in total. The van der Waals surface area contributed by atoms with Crippen LogP contribution >= 0.6 is 0 Å². The summed E-state index contributed by atoms with van der Waals surface area (Å²) >= 11 is 0. The molecule has 2 aromatic carbocycles. The maximum Gasteiger partial charge on any atom is 0.266 e. The summed E-state index contributed by atoms with van der Waals surface area (Å²) in [5.74, 6) is 0.750. The van der Waals surface area contributed by atoms with E-state index in [2.05, 4.69) is 22.9 Å². The van der Waals surface area contributed by atoms with E-state index in [1.807, 2.05) is 30.5 Å². The van der Waals surface area contributed by atoms with Gasteiger partial charge in [0.1, 0.15) is 11.6 Å². The third-order valence-electron chi connectivity index (χ3n) is 4.87. The van der Waals surface area contributed by atoms with Gasteiger partial charge in [-0.15, -0.1) is 0 Å². The maximum absolute atomic E-state index is 12.7. The summed E-state index contributed by atoms with van der Waals surface area (Å²) < 4.78 is 12.8. The van der Waals surface area contributed by atoms with Crippen LogP contribution in [0.15, 0.2) is 54.2 Å². The van der Waals surface area contributed by atoms with Gasteiger partial charge in [0, 0.05) is 41.0 Å². The van der Waals surface area contributed by atoms with Crippen LogP contribution in [0.25, 0.3) is 17.0 Å². The molecule has 0 unspecified atom stereocenters. The molecule has 1 N–H and O–H groups in total. The Balaban J connectivity index is 1.62. The lowest BCUT2D eigenvalue weighted by molar-refractivity contribution is -0.112. The SMILES string of the molecule is CCCCn1cc(C=C(C#N)C(=O)Nc2ccc3c(c2)OCO3)c2ccccc21. The number of hydrogen-bond acceptors (Lipinski definition) is 4. The summed E-state index contributed by atoms with van der Waals surface area (Å²) in [6.45, 7) is 3.22. The Morgan fingerprint density at radius 2 is 2.07 bits per heavy atom. The number of para-hydroxylation sites is 1. The van der Waals surface area contributed by atoms with Gasteiger partial charge in [-0.25, -0.2) is 0 Å². The van der Waals surface area contributed by atoms with E-state index in [1.165, 1.54) is 0 Å². The van der Waals surface area contributed by atoms with Gasteiger partial charge >= 0.3 is 0 Å². The number of nitrogens with zero attached hydrogens (tertiary/aromatic N) is 2. The lowest BCUT2D eigenvalue weighted by Crippen LogP contribution is -2.13. The number of nitriles is 1. The van der Waals surface area contributed by atoms with Crippen molar-refractivity contribution in [2.75, 3.05) is 12.1 Å². The van der Waals surface area contributed by atoms with Crippen LogP contribution in [0.4, 0.5) is 5.69 Å². The second kappa shape index (κ2) is 8.11. The van der Waals surface area contributed by atoms with Crippen LogP contribution in [0.2, 0.25) is 0 Å². The van der Waals surface area contributed by atoms with Crippen molar-refractivity contribution in [1.29, 1.82) is 5.26 Å². The number of amides is 1. The monoisotopic (exact) mass is 387 g/mol. The van der Waals surface area contributed by atoms with Crippen LogP contribution in [0.5, 0.6) is 11.5 Å². The largest absolute Gasteiger partial charge is 0.454 e. The van der Waals surface area contributed by atoms with Gasteiger partial charge < -0.3 is 19.4 Å². The molecular weight excluding hydrogens is 366 g/mol. The number of carbonyl (C=O) groups excluding carboxylic acids is 1. The van der Waals surface area contributed by atoms with E-state index in [1.54, 1.807) is 24.3 Å². The first-order valence-corrected chi connectivity index (χ1v) is 9.60. The average Bonchev–Trinajstić information content (AvgIpc) is 3.34.